The Balaban J connectivity index is 2.58. The molecule has 2 amide bonds. The molecule has 1 rings (SSSR count). The summed E-state index contributed by atoms with van der Waals surface area (Å²) in [5, 5.41) is 2.95. The van der Waals surface area contributed by atoms with Crippen molar-refractivity contribution in [1.82, 2.24) is 20.2 Å². The zero-order valence-corrected chi connectivity index (χ0v) is 13.9. The third-order valence-electron chi connectivity index (χ3n) is 3.56. The van der Waals surface area contributed by atoms with Crippen molar-refractivity contribution in [2.45, 2.75) is 46.6 Å². The molecule has 0 aliphatic carbocycles. The van der Waals surface area contributed by atoms with Crippen LogP contribution in [0.1, 0.15) is 51.0 Å². The van der Waals surface area contributed by atoms with Gasteiger partial charge in [-0.1, -0.05) is 20.8 Å². The van der Waals surface area contributed by atoms with Gasteiger partial charge in [0.2, 0.25) is 5.91 Å². The van der Waals surface area contributed by atoms with Gasteiger partial charge in [-0.3, -0.25) is 14.6 Å². The minimum Gasteiger partial charge on any atom is -0.353 e. The van der Waals surface area contributed by atoms with Gasteiger partial charge < -0.3 is 10.2 Å². The Kier molecular flexibility index (Phi) is 7.49. The van der Waals surface area contributed by atoms with E-state index in [1.54, 1.807) is 4.90 Å². The molecule has 0 aromatic carbocycles. The molecule has 6 nitrogen and oxygen atoms in total. The monoisotopic (exact) mass is 306 g/mol. The highest BCUT2D eigenvalue weighted by molar-refractivity contribution is 5.92. The summed E-state index contributed by atoms with van der Waals surface area (Å²) in [5.41, 5.74) is 0.312. The average molecular weight is 306 g/mol. The Labute approximate surface area is 132 Å². The van der Waals surface area contributed by atoms with Crippen molar-refractivity contribution in [3.63, 3.8) is 0 Å². The van der Waals surface area contributed by atoms with E-state index < -0.39 is 0 Å². The van der Waals surface area contributed by atoms with Crippen LogP contribution in [0.4, 0.5) is 0 Å². The second kappa shape index (κ2) is 9.12. The average Bonchev–Trinajstić information content (AvgIpc) is 2.51. The molecule has 122 valence electrons. The summed E-state index contributed by atoms with van der Waals surface area (Å²) in [6.45, 7) is 9.09. The summed E-state index contributed by atoms with van der Waals surface area (Å²) in [7, 11) is 0. The number of aromatic nitrogens is 2. The fraction of sp³-hybridized carbons (Fsp3) is 0.625. The summed E-state index contributed by atoms with van der Waals surface area (Å²) < 4.78 is 0. The van der Waals surface area contributed by atoms with Crippen molar-refractivity contribution in [2.24, 2.45) is 5.92 Å². The highest BCUT2D eigenvalue weighted by Crippen LogP contribution is 2.04. The molecule has 1 N–H and O–H groups in total. The number of nitrogens with one attached hydrogen (secondary N) is 1. The number of carbonyl (C=O) groups excluding carboxylic acids is 2. The fourth-order valence-corrected chi connectivity index (χ4v) is 1.89. The van der Waals surface area contributed by atoms with Gasteiger partial charge in [0.25, 0.3) is 5.91 Å². The van der Waals surface area contributed by atoms with Crippen LogP contribution in [-0.2, 0) is 4.79 Å². The molecule has 0 saturated heterocycles. The number of rotatable bonds is 8. The molecule has 0 fully saturated rings. The van der Waals surface area contributed by atoms with Gasteiger partial charge in [-0.05, 0) is 19.3 Å². The van der Waals surface area contributed by atoms with Crippen molar-refractivity contribution >= 4 is 11.8 Å². The first-order valence-electron chi connectivity index (χ1n) is 7.80. The Bertz CT molecular complexity index is 476. The molecule has 6 heteroatoms. The zero-order valence-electron chi connectivity index (χ0n) is 13.9. The second-order valence-corrected chi connectivity index (χ2v) is 5.73. The molecule has 0 bridgehead atoms. The van der Waals surface area contributed by atoms with Gasteiger partial charge >= 0.3 is 0 Å². The van der Waals surface area contributed by atoms with Crippen LogP contribution in [0.3, 0.4) is 0 Å². The summed E-state index contributed by atoms with van der Waals surface area (Å²) in [6.07, 6.45) is 5.60. The maximum absolute atomic E-state index is 12.4. The molecule has 1 atom stereocenters. The summed E-state index contributed by atoms with van der Waals surface area (Å²) >= 11 is 0. The van der Waals surface area contributed by atoms with E-state index in [0.29, 0.717) is 31.1 Å². The minimum absolute atomic E-state index is 0.0331. The van der Waals surface area contributed by atoms with Crippen LogP contribution >= 0.6 is 0 Å². The lowest BCUT2D eigenvalue weighted by atomic mass is 10.1. The zero-order chi connectivity index (χ0) is 16.5. The predicted octanol–water partition coefficient (Wildman–Crippen LogP) is 1.88. The second-order valence-electron chi connectivity index (χ2n) is 5.73. The topological polar surface area (TPSA) is 75.2 Å². The van der Waals surface area contributed by atoms with Gasteiger partial charge in [0.1, 0.15) is 5.69 Å². The third-order valence-corrected chi connectivity index (χ3v) is 3.56. The van der Waals surface area contributed by atoms with Crippen LogP contribution in [0, 0.1) is 5.92 Å². The van der Waals surface area contributed by atoms with Crippen LogP contribution < -0.4 is 5.32 Å². The largest absolute Gasteiger partial charge is 0.353 e. The van der Waals surface area contributed by atoms with Crippen LogP contribution in [0.25, 0.3) is 0 Å². The fourth-order valence-electron chi connectivity index (χ4n) is 1.89. The number of hydrogen-bond donors (Lipinski definition) is 1. The minimum atomic E-state index is -0.181. The lowest BCUT2D eigenvalue weighted by Crippen LogP contribution is -2.40. The van der Waals surface area contributed by atoms with Crippen LogP contribution in [0.2, 0.25) is 0 Å². The van der Waals surface area contributed by atoms with E-state index in [1.807, 2.05) is 13.8 Å². The van der Waals surface area contributed by atoms with Gasteiger partial charge in [-0.2, -0.15) is 0 Å². The lowest BCUT2D eigenvalue weighted by molar-refractivity contribution is -0.122. The van der Waals surface area contributed by atoms with Gasteiger partial charge in [0.15, 0.2) is 0 Å². The molecule has 1 unspecified atom stereocenters. The number of hydrogen-bond acceptors (Lipinski definition) is 4. The summed E-state index contributed by atoms with van der Waals surface area (Å²) in [5.74, 6) is 0.172. The SMILES string of the molecule is CCCN(CCC(=O)NC(C)C(C)C)C(=O)c1cnccn1. The van der Waals surface area contributed by atoms with Gasteiger partial charge in [-0.25, -0.2) is 4.98 Å². The molecule has 0 saturated carbocycles. The maximum atomic E-state index is 12.4. The van der Waals surface area contributed by atoms with Crippen molar-refractivity contribution in [2.75, 3.05) is 13.1 Å². The first-order valence-corrected chi connectivity index (χ1v) is 7.80. The molecule has 1 aromatic rings. The third kappa shape index (κ3) is 5.79. The van der Waals surface area contributed by atoms with E-state index in [-0.39, 0.29) is 17.9 Å². The molecular weight excluding hydrogens is 280 g/mol. The predicted molar refractivity (Wildman–Crippen MR) is 85.3 cm³/mol. The van der Waals surface area contributed by atoms with Gasteiger partial charge in [-0.15, -0.1) is 0 Å². The molecule has 0 aliphatic heterocycles. The van der Waals surface area contributed by atoms with Crippen molar-refractivity contribution in [3.8, 4) is 0 Å². The van der Waals surface area contributed by atoms with E-state index in [1.165, 1.54) is 18.6 Å². The molecule has 1 aromatic heterocycles. The molecule has 0 aliphatic rings. The van der Waals surface area contributed by atoms with Crippen molar-refractivity contribution in [3.05, 3.63) is 24.3 Å². The first-order chi connectivity index (χ1) is 10.5. The molecular formula is C16H26N4O2. The Hall–Kier alpha value is -1.98. The van der Waals surface area contributed by atoms with Crippen LogP contribution in [-0.4, -0.2) is 45.8 Å². The molecule has 1 heterocycles. The van der Waals surface area contributed by atoms with Gasteiger partial charge in [0.05, 0.1) is 6.20 Å². The van der Waals surface area contributed by atoms with E-state index in [2.05, 4.69) is 29.1 Å². The van der Waals surface area contributed by atoms with E-state index in [0.717, 1.165) is 6.42 Å². The molecule has 22 heavy (non-hydrogen) atoms. The van der Waals surface area contributed by atoms with Crippen molar-refractivity contribution < 1.29 is 9.59 Å². The molecule has 0 spiro atoms. The Morgan fingerprint density at radius 1 is 1.23 bits per heavy atom. The first kappa shape index (κ1) is 18.1. The smallest absolute Gasteiger partial charge is 0.274 e. The summed E-state index contributed by atoms with van der Waals surface area (Å²) in [6, 6.07) is 0.128. The van der Waals surface area contributed by atoms with Crippen LogP contribution in [0.5, 0.6) is 0 Å². The Morgan fingerprint density at radius 2 is 1.95 bits per heavy atom. The molecule has 0 radical (unpaired) electrons. The van der Waals surface area contributed by atoms with E-state index >= 15 is 0 Å². The number of carbonyl (C=O) groups is 2. The van der Waals surface area contributed by atoms with Crippen LogP contribution in [0.15, 0.2) is 18.6 Å². The summed E-state index contributed by atoms with van der Waals surface area (Å²) in [4.78, 5) is 33.9. The normalized spacial score (nSPS) is 12.0. The number of amides is 2. The number of nitrogens with zero attached hydrogens (tertiary/aromatic N) is 3. The Morgan fingerprint density at radius 3 is 2.50 bits per heavy atom. The highest BCUT2D eigenvalue weighted by atomic mass is 16.2. The standard InChI is InChI=1S/C16H26N4O2/c1-5-9-20(16(22)14-11-17-7-8-18-14)10-6-15(21)19-13(4)12(2)3/h7-8,11-13H,5-6,9-10H2,1-4H3,(H,19,21). The quantitative estimate of drug-likeness (QED) is 0.795. The van der Waals surface area contributed by atoms with E-state index in [4.69, 9.17) is 0 Å². The van der Waals surface area contributed by atoms with Crippen molar-refractivity contribution in [1.29, 1.82) is 0 Å². The van der Waals surface area contributed by atoms with Gasteiger partial charge in [0, 0.05) is 37.9 Å². The lowest BCUT2D eigenvalue weighted by Gasteiger charge is -2.22. The highest BCUT2D eigenvalue weighted by Gasteiger charge is 2.18. The van der Waals surface area contributed by atoms with E-state index in [9.17, 15) is 9.59 Å². The maximum Gasteiger partial charge on any atom is 0.274 e.